The quantitative estimate of drug-likeness (QED) is 0.105. The van der Waals surface area contributed by atoms with E-state index >= 15 is 0 Å². The topological polar surface area (TPSA) is 101 Å². The molecular weight excluding hydrogens is 483 g/mol. The highest BCUT2D eigenvalue weighted by Gasteiger charge is 2.11. The molecule has 0 saturated carbocycles. The molecule has 0 radical (unpaired) electrons. The van der Waals surface area contributed by atoms with Gasteiger partial charge in [-0.15, -0.1) is 0 Å². The van der Waals surface area contributed by atoms with Crippen LogP contribution in [0.25, 0.3) is 0 Å². The number of nitrogens with zero attached hydrogens (tertiary/aromatic N) is 1. The lowest BCUT2D eigenvalue weighted by Crippen LogP contribution is -2.14. The number of hydrogen-bond donors (Lipinski definition) is 1. The maximum absolute atomic E-state index is 10.9. The lowest BCUT2D eigenvalue weighted by molar-refractivity contribution is -0.384. The Hall–Kier alpha value is -1.21. The van der Waals surface area contributed by atoms with E-state index in [4.69, 9.17) is 23.7 Å². The summed E-state index contributed by atoms with van der Waals surface area (Å²) in [7, 11) is 0. The average Bonchev–Trinajstić information content (AvgIpc) is 2.69. The first kappa shape index (κ1) is 24.8. The normalized spacial score (nSPS) is 10.8. The molecule has 0 spiro atoms. The molecule has 0 fully saturated rings. The summed E-state index contributed by atoms with van der Waals surface area (Å²) in [6.07, 6.45) is 0. The molecule has 9 nitrogen and oxygen atoms in total. The zero-order valence-electron chi connectivity index (χ0n) is 16.2. The summed E-state index contributed by atoms with van der Waals surface area (Å²) in [6, 6.07) is 4.50. The maximum Gasteiger partial charge on any atom is 0.273 e. The number of nitro benzene ring substituents is 1. The fourth-order valence-corrected chi connectivity index (χ4v) is 2.42. The molecule has 1 rings (SSSR count). The van der Waals surface area contributed by atoms with Gasteiger partial charge >= 0.3 is 0 Å². The van der Waals surface area contributed by atoms with Crippen LogP contribution in [0, 0.1) is 10.1 Å². The molecule has 1 N–H and O–H groups in total. The molecule has 160 valence electrons. The van der Waals surface area contributed by atoms with Gasteiger partial charge in [0, 0.05) is 17.0 Å². The van der Waals surface area contributed by atoms with Crippen LogP contribution in [0.5, 0.6) is 5.75 Å². The summed E-state index contributed by atoms with van der Waals surface area (Å²) in [5.74, 6) is 0.440. The summed E-state index contributed by atoms with van der Waals surface area (Å²) in [4.78, 5) is 10.5. The molecular formula is C18H29IN2O7. The Morgan fingerprint density at radius 3 is 1.96 bits per heavy atom. The van der Waals surface area contributed by atoms with Gasteiger partial charge < -0.3 is 29.0 Å². The highest BCUT2D eigenvalue weighted by molar-refractivity contribution is 14.1. The first-order valence-electron chi connectivity index (χ1n) is 9.21. The van der Waals surface area contributed by atoms with E-state index in [0.717, 1.165) is 16.7 Å². The van der Waals surface area contributed by atoms with Crippen molar-refractivity contribution >= 4 is 34.0 Å². The van der Waals surface area contributed by atoms with Crippen LogP contribution in [0.4, 0.5) is 11.4 Å². The van der Waals surface area contributed by atoms with E-state index in [0.29, 0.717) is 65.1 Å². The first-order chi connectivity index (χ1) is 13.7. The molecule has 1 aromatic carbocycles. The second-order valence-electron chi connectivity index (χ2n) is 5.45. The van der Waals surface area contributed by atoms with Crippen LogP contribution in [0.1, 0.15) is 6.92 Å². The number of hydrogen-bond acceptors (Lipinski definition) is 8. The van der Waals surface area contributed by atoms with E-state index < -0.39 is 4.92 Å². The molecule has 0 aliphatic heterocycles. The fourth-order valence-electron chi connectivity index (χ4n) is 2.11. The number of anilines is 1. The monoisotopic (exact) mass is 512 g/mol. The minimum absolute atomic E-state index is 0.00948. The van der Waals surface area contributed by atoms with Crippen LogP contribution in [0.3, 0.4) is 0 Å². The number of nitro groups is 1. The van der Waals surface area contributed by atoms with Gasteiger partial charge in [-0.2, -0.15) is 0 Å². The van der Waals surface area contributed by atoms with Crippen molar-refractivity contribution in [2.75, 3.05) is 75.8 Å². The van der Waals surface area contributed by atoms with Gasteiger partial charge in [-0.25, -0.2) is 0 Å². The highest BCUT2D eigenvalue weighted by Crippen LogP contribution is 2.29. The van der Waals surface area contributed by atoms with Crippen LogP contribution in [-0.2, 0) is 18.9 Å². The lowest BCUT2D eigenvalue weighted by atomic mass is 10.2. The van der Waals surface area contributed by atoms with Crippen LogP contribution in [0.15, 0.2) is 18.2 Å². The molecule has 0 aromatic heterocycles. The summed E-state index contributed by atoms with van der Waals surface area (Å²) in [6.45, 7) is 7.15. The lowest BCUT2D eigenvalue weighted by Gasteiger charge is -2.12. The van der Waals surface area contributed by atoms with Crippen molar-refractivity contribution in [3.8, 4) is 5.75 Å². The summed E-state index contributed by atoms with van der Waals surface area (Å²) in [5, 5.41) is 14.0. The van der Waals surface area contributed by atoms with Gasteiger partial charge in [0.1, 0.15) is 12.4 Å². The summed E-state index contributed by atoms with van der Waals surface area (Å²) >= 11 is 2.26. The van der Waals surface area contributed by atoms with Crippen LogP contribution in [0.2, 0.25) is 0 Å². The highest BCUT2D eigenvalue weighted by atomic mass is 127. The van der Waals surface area contributed by atoms with Crippen LogP contribution in [-0.4, -0.2) is 75.4 Å². The number of rotatable bonds is 18. The molecule has 28 heavy (non-hydrogen) atoms. The molecule has 0 unspecified atom stereocenters. The fraction of sp³-hybridized carbons (Fsp3) is 0.667. The number of halogens is 1. The van der Waals surface area contributed by atoms with Gasteiger partial charge in [0.2, 0.25) is 0 Å². The van der Waals surface area contributed by atoms with Gasteiger partial charge in [-0.3, -0.25) is 10.1 Å². The molecule has 0 saturated heterocycles. The summed E-state index contributed by atoms with van der Waals surface area (Å²) < 4.78 is 28.1. The molecule has 10 heteroatoms. The maximum atomic E-state index is 10.9. The van der Waals surface area contributed by atoms with E-state index in [1.807, 2.05) is 6.92 Å². The van der Waals surface area contributed by atoms with E-state index in [1.54, 1.807) is 6.07 Å². The van der Waals surface area contributed by atoms with Crippen molar-refractivity contribution in [3.05, 3.63) is 28.3 Å². The van der Waals surface area contributed by atoms with Crippen molar-refractivity contribution in [3.63, 3.8) is 0 Å². The van der Waals surface area contributed by atoms with Crippen molar-refractivity contribution in [2.24, 2.45) is 0 Å². The third kappa shape index (κ3) is 11.6. The Kier molecular flexibility index (Phi) is 14.8. The Morgan fingerprint density at radius 2 is 1.46 bits per heavy atom. The Balaban J connectivity index is 2.07. The minimum Gasteiger partial charge on any atom is -0.489 e. The van der Waals surface area contributed by atoms with Crippen LogP contribution < -0.4 is 10.1 Å². The number of alkyl halides is 1. The molecule has 0 atom stereocenters. The van der Waals surface area contributed by atoms with Gasteiger partial charge in [-0.05, 0) is 13.0 Å². The molecule has 0 bridgehead atoms. The molecule has 0 aliphatic carbocycles. The largest absolute Gasteiger partial charge is 0.489 e. The predicted octanol–water partition coefficient (Wildman–Crippen LogP) is 2.91. The third-order valence-electron chi connectivity index (χ3n) is 3.37. The number of nitrogens with one attached hydrogen (secondary N) is 1. The van der Waals surface area contributed by atoms with Gasteiger partial charge in [0.15, 0.2) is 0 Å². The second-order valence-corrected chi connectivity index (χ2v) is 6.53. The predicted molar refractivity (Wildman–Crippen MR) is 115 cm³/mol. The SMILES string of the molecule is CCNc1ccc([N+](=O)[O-])cc1OCCOCCOCCOCCOCCI. The Labute approximate surface area is 179 Å². The van der Waals surface area contributed by atoms with E-state index in [2.05, 4.69) is 27.9 Å². The van der Waals surface area contributed by atoms with Crippen molar-refractivity contribution in [1.29, 1.82) is 0 Å². The zero-order valence-corrected chi connectivity index (χ0v) is 18.4. The summed E-state index contributed by atoms with van der Waals surface area (Å²) in [5.41, 5.74) is 0.709. The molecule has 0 heterocycles. The van der Waals surface area contributed by atoms with E-state index in [-0.39, 0.29) is 5.69 Å². The number of non-ortho nitro benzene ring substituents is 1. The average molecular weight is 512 g/mol. The number of benzene rings is 1. The molecule has 0 aliphatic rings. The van der Waals surface area contributed by atoms with E-state index in [1.165, 1.54) is 12.1 Å². The Morgan fingerprint density at radius 1 is 0.929 bits per heavy atom. The third-order valence-corrected chi connectivity index (χ3v) is 3.81. The van der Waals surface area contributed by atoms with Gasteiger partial charge in [-0.1, -0.05) is 22.6 Å². The van der Waals surface area contributed by atoms with Crippen molar-refractivity contribution < 1.29 is 28.6 Å². The smallest absolute Gasteiger partial charge is 0.273 e. The minimum atomic E-state index is -0.446. The molecule has 0 amide bonds. The van der Waals surface area contributed by atoms with Crippen molar-refractivity contribution in [2.45, 2.75) is 6.92 Å². The standard InChI is InChI=1S/C18H29IN2O7/c1-2-20-17-4-3-16(21(22)23)15-18(17)28-14-13-27-12-11-26-10-9-25-8-7-24-6-5-19/h3-4,15,20H,2,5-14H2,1H3. The van der Waals surface area contributed by atoms with Gasteiger partial charge in [0.05, 0.1) is 69.5 Å². The van der Waals surface area contributed by atoms with E-state index in [9.17, 15) is 10.1 Å². The molecule has 1 aromatic rings. The Bertz CT molecular complexity index is 549. The zero-order chi connectivity index (χ0) is 20.5. The number of ether oxygens (including phenoxy) is 5. The van der Waals surface area contributed by atoms with Crippen molar-refractivity contribution in [1.82, 2.24) is 0 Å². The second kappa shape index (κ2) is 16.7. The van der Waals surface area contributed by atoms with Crippen LogP contribution >= 0.6 is 22.6 Å². The van der Waals surface area contributed by atoms with Gasteiger partial charge in [0.25, 0.3) is 5.69 Å². The first-order valence-corrected chi connectivity index (χ1v) is 10.7.